The normalized spacial score (nSPS) is 10.6. The van der Waals surface area contributed by atoms with E-state index < -0.39 is 0 Å². The summed E-state index contributed by atoms with van der Waals surface area (Å²) in [5.74, 6) is 0. The summed E-state index contributed by atoms with van der Waals surface area (Å²) in [5, 5.41) is 0. The molecule has 0 aliphatic rings. The fourth-order valence-corrected chi connectivity index (χ4v) is 5.22. The molecule has 22 heavy (non-hydrogen) atoms. The van der Waals surface area contributed by atoms with E-state index >= 15 is 0 Å². The van der Waals surface area contributed by atoms with E-state index in [1.54, 1.807) is 23.5 Å². The molecule has 4 heteroatoms. The lowest BCUT2D eigenvalue weighted by molar-refractivity contribution is 1.26. The molecular formula is C18H12BrIS2. The third kappa shape index (κ3) is 4.31. The van der Waals surface area contributed by atoms with E-state index in [1.807, 2.05) is 12.1 Å². The third-order valence-electron chi connectivity index (χ3n) is 2.92. The Kier molecular flexibility index (Phi) is 5.90. The lowest BCUT2D eigenvalue weighted by atomic mass is 10.4. The summed E-state index contributed by atoms with van der Waals surface area (Å²) < 4.78 is 2.40. The quantitative estimate of drug-likeness (QED) is 0.344. The van der Waals surface area contributed by atoms with Gasteiger partial charge in [0.25, 0.3) is 0 Å². The molecule has 110 valence electrons. The van der Waals surface area contributed by atoms with Gasteiger partial charge in [0.1, 0.15) is 0 Å². The average Bonchev–Trinajstić information content (AvgIpc) is 2.54. The first-order valence-electron chi connectivity index (χ1n) is 6.67. The second-order valence-electron chi connectivity index (χ2n) is 4.55. The van der Waals surface area contributed by atoms with E-state index in [0.29, 0.717) is 0 Å². The summed E-state index contributed by atoms with van der Waals surface area (Å²) in [7, 11) is 0. The fourth-order valence-electron chi connectivity index (χ4n) is 1.91. The van der Waals surface area contributed by atoms with Gasteiger partial charge >= 0.3 is 0 Å². The Bertz CT molecular complexity index is 761. The number of hydrogen-bond donors (Lipinski definition) is 0. The molecule has 0 N–H and O–H groups in total. The van der Waals surface area contributed by atoms with Crippen molar-refractivity contribution in [3.8, 4) is 0 Å². The van der Waals surface area contributed by atoms with E-state index in [9.17, 15) is 0 Å². The van der Waals surface area contributed by atoms with Crippen LogP contribution in [0.1, 0.15) is 0 Å². The molecule has 3 rings (SSSR count). The molecule has 3 aromatic carbocycles. The molecule has 0 heterocycles. The Balaban J connectivity index is 1.90. The Hall–Kier alpha value is -0.430. The zero-order valence-electron chi connectivity index (χ0n) is 11.5. The largest absolute Gasteiger partial charge is 0.0900 e. The van der Waals surface area contributed by atoms with Gasteiger partial charge in [0.15, 0.2) is 0 Å². The summed E-state index contributed by atoms with van der Waals surface area (Å²) >= 11 is 9.68. The Morgan fingerprint density at radius 3 is 1.82 bits per heavy atom. The lowest BCUT2D eigenvalue weighted by Crippen LogP contribution is -1.84. The van der Waals surface area contributed by atoms with Gasteiger partial charge < -0.3 is 0 Å². The molecule has 0 spiro atoms. The predicted octanol–water partition coefficient (Wildman–Crippen LogP) is 7.36. The van der Waals surface area contributed by atoms with Crippen LogP contribution in [-0.2, 0) is 0 Å². The highest BCUT2D eigenvalue weighted by molar-refractivity contribution is 14.1. The van der Waals surface area contributed by atoms with Crippen molar-refractivity contribution in [1.82, 2.24) is 0 Å². The molecule has 0 saturated carbocycles. The summed E-state index contributed by atoms with van der Waals surface area (Å²) in [5.41, 5.74) is 0. The topological polar surface area (TPSA) is 0 Å². The highest BCUT2D eigenvalue weighted by Gasteiger charge is 2.09. The number of halogens is 2. The van der Waals surface area contributed by atoms with Crippen LogP contribution in [0.25, 0.3) is 0 Å². The van der Waals surface area contributed by atoms with Crippen LogP contribution in [-0.4, -0.2) is 0 Å². The molecule has 0 aromatic heterocycles. The molecule has 0 saturated heterocycles. The zero-order chi connectivity index (χ0) is 15.4. The van der Waals surface area contributed by atoms with E-state index in [-0.39, 0.29) is 0 Å². The van der Waals surface area contributed by atoms with Crippen LogP contribution in [0.4, 0.5) is 0 Å². The molecule has 0 radical (unpaired) electrons. The molecule has 0 aliphatic carbocycles. The Labute approximate surface area is 161 Å². The first-order valence-corrected chi connectivity index (χ1v) is 10.2. The van der Waals surface area contributed by atoms with Gasteiger partial charge in [-0.1, -0.05) is 59.9 Å². The molecular weight excluding hydrogens is 487 g/mol. The molecule has 0 bridgehead atoms. The third-order valence-corrected chi connectivity index (χ3v) is 7.84. The number of hydrogen-bond acceptors (Lipinski definition) is 2. The minimum absolute atomic E-state index is 1.15. The molecule has 0 fully saturated rings. The van der Waals surface area contributed by atoms with Crippen molar-refractivity contribution in [1.29, 1.82) is 0 Å². The Morgan fingerprint density at radius 1 is 0.682 bits per heavy atom. The fraction of sp³-hybridized carbons (Fsp3) is 0. The molecule has 0 amide bonds. The minimum Gasteiger partial charge on any atom is -0.0900 e. The van der Waals surface area contributed by atoms with Crippen LogP contribution in [0.3, 0.4) is 0 Å². The van der Waals surface area contributed by atoms with Crippen molar-refractivity contribution < 1.29 is 0 Å². The van der Waals surface area contributed by atoms with Crippen LogP contribution in [0.5, 0.6) is 0 Å². The van der Waals surface area contributed by atoms with Gasteiger partial charge in [-0.25, -0.2) is 0 Å². The maximum Gasteiger partial charge on any atom is 0.0412 e. The van der Waals surface area contributed by atoms with Gasteiger partial charge in [-0.2, -0.15) is 0 Å². The number of rotatable bonds is 4. The van der Waals surface area contributed by atoms with E-state index in [0.717, 1.165) is 4.47 Å². The summed E-state index contributed by atoms with van der Waals surface area (Å²) in [6.07, 6.45) is 0. The van der Waals surface area contributed by atoms with Gasteiger partial charge in [-0.15, -0.1) is 0 Å². The SMILES string of the molecule is Brc1cc(Sc2ccccc2)cc(Sc2ccccc2)c1I. The van der Waals surface area contributed by atoms with Gasteiger partial charge in [0, 0.05) is 27.6 Å². The molecule has 0 nitrogen and oxygen atoms in total. The zero-order valence-corrected chi connectivity index (χ0v) is 16.9. The van der Waals surface area contributed by atoms with Crippen LogP contribution >= 0.6 is 62.0 Å². The first kappa shape index (κ1) is 16.4. The number of benzene rings is 3. The lowest BCUT2D eigenvalue weighted by Gasteiger charge is -2.10. The minimum atomic E-state index is 1.15. The average molecular weight is 499 g/mol. The van der Waals surface area contributed by atoms with Gasteiger partial charge in [-0.3, -0.25) is 0 Å². The maximum absolute atomic E-state index is 3.69. The van der Waals surface area contributed by atoms with E-state index in [4.69, 9.17) is 0 Å². The van der Waals surface area contributed by atoms with Crippen LogP contribution in [0.15, 0.2) is 96.9 Å². The van der Waals surface area contributed by atoms with E-state index in [1.165, 1.54) is 23.2 Å². The summed E-state index contributed by atoms with van der Waals surface area (Å²) in [6.45, 7) is 0. The second kappa shape index (κ2) is 7.90. The monoisotopic (exact) mass is 498 g/mol. The smallest absolute Gasteiger partial charge is 0.0412 e. The van der Waals surface area contributed by atoms with Crippen molar-refractivity contribution >= 4 is 62.0 Å². The van der Waals surface area contributed by atoms with Crippen LogP contribution < -0.4 is 0 Å². The molecule has 0 unspecified atom stereocenters. The van der Waals surface area contributed by atoms with Crippen molar-refractivity contribution in [2.24, 2.45) is 0 Å². The van der Waals surface area contributed by atoms with Crippen LogP contribution in [0, 0.1) is 3.57 Å². The maximum atomic E-state index is 3.69. The standard InChI is InChI=1S/C18H12BrIS2/c19-16-11-15(21-13-7-3-1-4-8-13)12-17(18(16)20)22-14-9-5-2-6-10-14/h1-12H. The highest BCUT2D eigenvalue weighted by atomic mass is 127. The molecule has 0 aliphatic heterocycles. The summed E-state index contributed by atoms with van der Waals surface area (Å²) in [6, 6.07) is 25.4. The van der Waals surface area contributed by atoms with Crippen molar-refractivity contribution in [3.63, 3.8) is 0 Å². The molecule has 3 aromatic rings. The van der Waals surface area contributed by atoms with Crippen LogP contribution in [0.2, 0.25) is 0 Å². The van der Waals surface area contributed by atoms with Gasteiger partial charge in [0.2, 0.25) is 0 Å². The molecule has 0 atom stereocenters. The second-order valence-corrected chi connectivity index (χ2v) is 8.74. The van der Waals surface area contributed by atoms with Gasteiger partial charge in [0.05, 0.1) is 0 Å². The van der Waals surface area contributed by atoms with Crippen molar-refractivity contribution in [2.75, 3.05) is 0 Å². The Morgan fingerprint density at radius 2 is 1.23 bits per heavy atom. The van der Waals surface area contributed by atoms with E-state index in [2.05, 4.69) is 99.2 Å². The van der Waals surface area contributed by atoms with Gasteiger partial charge in [-0.05, 0) is 74.9 Å². The van der Waals surface area contributed by atoms with Crippen molar-refractivity contribution in [2.45, 2.75) is 19.6 Å². The van der Waals surface area contributed by atoms with Crippen molar-refractivity contribution in [3.05, 3.63) is 80.8 Å². The highest BCUT2D eigenvalue weighted by Crippen LogP contribution is 2.39. The predicted molar refractivity (Wildman–Crippen MR) is 108 cm³/mol. The first-order chi connectivity index (χ1) is 10.7. The summed E-state index contributed by atoms with van der Waals surface area (Å²) in [4.78, 5) is 5.04.